The first-order valence-corrected chi connectivity index (χ1v) is 7.62. The molecular formula is C20H17NO3. The number of hydrogen-bond donors (Lipinski definition) is 0. The summed E-state index contributed by atoms with van der Waals surface area (Å²) in [6, 6.07) is 20.5. The summed E-state index contributed by atoms with van der Waals surface area (Å²) in [6.07, 6.45) is 0.767. The second-order valence-electron chi connectivity index (χ2n) is 5.39. The zero-order valence-corrected chi connectivity index (χ0v) is 13.3. The minimum absolute atomic E-state index is 0.134. The van der Waals surface area contributed by atoms with Crippen molar-refractivity contribution in [2.24, 2.45) is 0 Å². The molecule has 0 atom stereocenters. The van der Waals surface area contributed by atoms with Crippen molar-refractivity contribution in [1.82, 2.24) is 0 Å². The summed E-state index contributed by atoms with van der Waals surface area (Å²) in [5, 5.41) is 1.77. The second kappa shape index (κ2) is 6.96. The molecule has 3 aromatic carbocycles. The van der Waals surface area contributed by atoms with Crippen LogP contribution in [0, 0.1) is 0 Å². The van der Waals surface area contributed by atoms with Crippen LogP contribution in [0.4, 0.5) is 5.69 Å². The Kier molecular flexibility index (Phi) is 4.57. The molecule has 3 aromatic rings. The number of ether oxygens (including phenoxy) is 1. The molecule has 0 saturated heterocycles. The third-order valence-corrected chi connectivity index (χ3v) is 3.92. The molecule has 0 aliphatic heterocycles. The van der Waals surface area contributed by atoms with Crippen molar-refractivity contribution in [3.8, 4) is 5.75 Å². The smallest absolute Gasteiger partial charge is 0.264 e. The molecule has 0 radical (unpaired) electrons. The van der Waals surface area contributed by atoms with Gasteiger partial charge in [0.15, 0.2) is 12.9 Å². The van der Waals surface area contributed by atoms with Crippen molar-refractivity contribution in [3.63, 3.8) is 0 Å². The van der Waals surface area contributed by atoms with Crippen LogP contribution in [-0.4, -0.2) is 25.8 Å². The van der Waals surface area contributed by atoms with E-state index < -0.39 is 0 Å². The van der Waals surface area contributed by atoms with E-state index in [9.17, 15) is 9.59 Å². The van der Waals surface area contributed by atoms with E-state index in [-0.39, 0.29) is 12.5 Å². The highest BCUT2D eigenvalue weighted by atomic mass is 16.5. The van der Waals surface area contributed by atoms with Crippen LogP contribution in [-0.2, 0) is 4.79 Å². The molecule has 0 saturated carbocycles. The lowest BCUT2D eigenvalue weighted by Gasteiger charge is -2.18. The average Bonchev–Trinajstić information content (AvgIpc) is 2.65. The summed E-state index contributed by atoms with van der Waals surface area (Å²) in [5.41, 5.74) is 1.25. The molecule has 0 fully saturated rings. The highest BCUT2D eigenvalue weighted by molar-refractivity contribution is 6.01. The molecular weight excluding hydrogens is 302 g/mol. The third-order valence-electron chi connectivity index (χ3n) is 3.92. The largest absolute Gasteiger partial charge is 0.483 e. The molecule has 1 amide bonds. The van der Waals surface area contributed by atoms with Crippen LogP contribution < -0.4 is 9.64 Å². The summed E-state index contributed by atoms with van der Waals surface area (Å²) in [4.78, 5) is 25.3. The number of fused-ring (bicyclic) bond motifs is 1. The van der Waals surface area contributed by atoms with E-state index >= 15 is 0 Å². The first kappa shape index (κ1) is 15.7. The second-order valence-corrected chi connectivity index (χ2v) is 5.39. The van der Waals surface area contributed by atoms with Gasteiger partial charge in [-0.25, -0.2) is 0 Å². The van der Waals surface area contributed by atoms with Crippen LogP contribution in [0.1, 0.15) is 10.4 Å². The molecule has 0 bridgehead atoms. The number of likely N-dealkylation sites (N-methyl/N-ethyl adjacent to an activating group) is 1. The minimum Gasteiger partial charge on any atom is -0.483 e. The van der Waals surface area contributed by atoms with Gasteiger partial charge in [0.05, 0.1) is 5.56 Å². The zero-order chi connectivity index (χ0) is 16.9. The van der Waals surface area contributed by atoms with Gasteiger partial charge in [0.2, 0.25) is 0 Å². The zero-order valence-electron chi connectivity index (χ0n) is 13.3. The number of carbonyl (C=O) groups excluding carboxylic acids is 2. The van der Waals surface area contributed by atoms with E-state index in [2.05, 4.69) is 0 Å². The quantitative estimate of drug-likeness (QED) is 0.674. The lowest BCUT2D eigenvalue weighted by Crippen LogP contribution is -2.31. The number of rotatable bonds is 5. The number of para-hydroxylation sites is 1. The summed E-state index contributed by atoms with van der Waals surface area (Å²) < 4.78 is 5.62. The molecule has 4 nitrogen and oxygen atoms in total. The van der Waals surface area contributed by atoms with E-state index in [1.165, 1.54) is 4.90 Å². The molecule has 0 aliphatic rings. The summed E-state index contributed by atoms with van der Waals surface area (Å²) in [6.45, 7) is -0.134. The van der Waals surface area contributed by atoms with Crippen LogP contribution in [0.15, 0.2) is 66.7 Å². The van der Waals surface area contributed by atoms with E-state index in [4.69, 9.17) is 4.74 Å². The van der Waals surface area contributed by atoms with Crippen molar-refractivity contribution in [3.05, 3.63) is 72.3 Å². The van der Waals surface area contributed by atoms with Gasteiger partial charge in [0.1, 0.15) is 5.75 Å². The molecule has 0 spiro atoms. The molecule has 0 aromatic heterocycles. The van der Waals surface area contributed by atoms with Gasteiger partial charge in [-0.3, -0.25) is 9.59 Å². The van der Waals surface area contributed by atoms with Gasteiger partial charge in [0, 0.05) is 12.7 Å². The van der Waals surface area contributed by atoms with Gasteiger partial charge < -0.3 is 9.64 Å². The Morgan fingerprint density at radius 2 is 1.71 bits per heavy atom. The first-order valence-electron chi connectivity index (χ1n) is 7.62. The fourth-order valence-electron chi connectivity index (χ4n) is 2.55. The van der Waals surface area contributed by atoms with Gasteiger partial charge in [-0.05, 0) is 29.0 Å². The maximum Gasteiger partial charge on any atom is 0.264 e. The molecule has 0 aliphatic carbocycles. The van der Waals surface area contributed by atoms with Crippen molar-refractivity contribution in [2.45, 2.75) is 0 Å². The number of anilines is 1. The average molecular weight is 319 g/mol. The first-order chi connectivity index (χ1) is 11.7. The fraction of sp³-hybridized carbons (Fsp3) is 0.100. The number of hydrogen-bond acceptors (Lipinski definition) is 3. The van der Waals surface area contributed by atoms with Gasteiger partial charge in [-0.1, -0.05) is 48.5 Å². The topological polar surface area (TPSA) is 46.6 Å². The SMILES string of the molecule is CN(C(=O)COc1ccc2ccccc2c1C=O)c1ccccc1. The summed E-state index contributed by atoms with van der Waals surface area (Å²) >= 11 is 0. The van der Waals surface area contributed by atoms with E-state index in [1.54, 1.807) is 13.1 Å². The normalized spacial score (nSPS) is 10.4. The molecule has 0 unspecified atom stereocenters. The Hall–Kier alpha value is -3.14. The lowest BCUT2D eigenvalue weighted by molar-refractivity contribution is -0.120. The number of nitrogens with zero attached hydrogens (tertiary/aromatic N) is 1. The maximum absolute atomic E-state index is 12.3. The number of amides is 1. The van der Waals surface area contributed by atoms with E-state index in [0.29, 0.717) is 11.3 Å². The Morgan fingerprint density at radius 3 is 2.46 bits per heavy atom. The predicted octanol–water partition coefficient (Wildman–Crippen LogP) is 3.69. The summed E-state index contributed by atoms with van der Waals surface area (Å²) in [5.74, 6) is 0.227. The highest BCUT2D eigenvalue weighted by Crippen LogP contribution is 2.26. The van der Waals surface area contributed by atoms with Gasteiger partial charge in [-0.2, -0.15) is 0 Å². The van der Waals surface area contributed by atoms with Gasteiger partial charge in [-0.15, -0.1) is 0 Å². The minimum atomic E-state index is -0.189. The Balaban J connectivity index is 1.78. The monoisotopic (exact) mass is 319 g/mol. The third kappa shape index (κ3) is 3.13. The molecule has 3 rings (SSSR count). The highest BCUT2D eigenvalue weighted by Gasteiger charge is 2.14. The van der Waals surface area contributed by atoms with Crippen LogP contribution in [0.5, 0.6) is 5.75 Å². The maximum atomic E-state index is 12.3. The fourth-order valence-corrected chi connectivity index (χ4v) is 2.55. The Labute approximate surface area is 140 Å². The number of carbonyl (C=O) groups is 2. The van der Waals surface area contributed by atoms with Crippen LogP contribution >= 0.6 is 0 Å². The van der Waals surface area contributed by atoms with Crippen LogP contribution in [0.3, 0.4) is 0 Å². The standard InChI is InChI=1S/C20H17NO3/c1-21(16-8-3-2-4-9-16)20(23)14-24-19-12-11-15-7-5-6-10-17(15)18(19)13-22/h2-13H,14H2,1H3. The molecule has 0 heterocycles. The van der Waals surface area contributed by atoms with E-state index in [1.807, 2.05) is 60.7 Å². The van der Waals surface area contributed by atoms with Crippen molar-refractivity contribution in [1.29, 1.82) is 0 Å². The molecule has 120 valence electrons. The van der Waals surface area contributed by atoms with Crippen LogP contribution in [0.25, 0.3) is 10.8 Å². The van der Waals surface area contributed by atoms with E-state index in [0.717, 1.165) is 22.7 Å². The van der Waals surface area contributed by atoms with Crippen molar-refractivity contribution < 1.29 is 14.3 Å². The number of aldehydes is 1. The summed E-state index contributed by atoms with van der Waals surface area (Å²) in [7, 11) is 1.70. The van der Waals surface area contributed by atoms with Crippen LogP contribution in [0.2, 0.25) is 0 Å². The predicted molar refractivity (Wildman–Crippen MR) is 94.7 cm³/mol. The molecule has 4 heteroatoms. The Bertz CT molecular complexity index is 874. The number of benzene rings is 3. The van der Waals surface area contributed by atoms with Crippen molar-refractivity contribution >= 4 is 28.7 Å². The molecule has 0 N–H and O–H groups in total. The Morgan fingerprint density at radius 1 is 1.00 bits per heavy atom. The van der Waals surface area contributed by atoms with Crippen molar-refractivity contribution in [2.75, 3.05) is 18.6 Å². The van der Waals surface area contributed by atoms with Gasteiger partial charge >= 0.3 is 0 Å². The van der Waals surface area contributed by atoms with Gasteiger partial charge in [0.25, 0.3) is 5.91 Å². The lowest BCUT2D eigenvalue weighted by atomic mass is 10.0. The molecule has 24 heavy (non-hydrogen) atoms.